The summed E-state index contributed by atoms with van der Waals surface area (Å²) in [6, 6.07) is 9.68. The fourth-order valence-corrected chi connectivity index (χ4v) is 3.33. The predicted molar refractivity (Wildman–Crippen MR) is 82.6 cm³/mol. The van der Waals surface area contributed by atoms with Gasteiger partial charge in [0.15, 0.2) is 0 Å². The fourth-order valence-electron chi connectivity index (χ4n) is 1.83. The van der Waals surface area contributed by atoms with E-state index in [4.69, 9.17) is 17.3 Å². The van der Waals surface area contributed by atoms with E-state index in [1.54, 1.807) is 37.3 Å². The van der Waals surface area contributed by atoms with Crippen LogP contribution in [0.4, 0.5) is 11.4 Å². The molecule has 0 fully saturated rings. The molecule has 0 saturated heterocycles. The van der Waals surface area contributed by atoms with Crippen molar-refractivity contribution < 1.29 is 8.42 Å². The summed E-state index contributed by atoms with van der Waals surface area (Å²) in [7, 11) is -3.65. The summed E-state index contributed by atoms with van der Waals surface area (Å²) in [4.78, 5) is 0.195. The van der Waals surface area contributed by atoms with Gasteiger partial charge in [0.25, 0.3) is 10.0 Å². The van der Waals surface area contributed by atoms with Crippen LogP contribution < -0.4 is 10.5 Å². The minimum atomic E-state index is -3.65. The average molecular weight is 311 g/mol. The number of hydrogen-bond acceptors (Lipinski definition) is 3. The highest BCUT2D eigenvalue weighted by atomic mass is 35.5. The molecule has 0 atom stereocenters. The van der Waals surface area contributed by atoms with Crippen molar-refractivity contribution in [2.75, 3.05) is 10.5 Å². The Kier molecular flexibility index (Phi) is 3.92. The second kappa shape index (κ2) is 5.34. The first-order valence-corrected chi connectivity index (χ1v) is 7.81. The molecule has 3 N–H and O–H groups in total. The third kappa shape index (κ3) is 3.05. The Morgan fingerprint density at radius 1 is 1.05 bits per heavy atom. The molecule has 0 aromatic heterocycles. The van der Waals surface area contributed by atoms with Crippen LogP contribution in [0.15, 0.2) is 41.3 Å². The lowest BCUT2D eigenvalue weighted by molar-refractivity contribution is 0.600. The van der Waals surface area contributed by atoms with Crippen LogP contribution in [0.1, 0.15) is 11.1 Å². The van der Waals surface area contributed by atoms with Gasteiger partial charge in [-0.3, -0.25) is 4.72 Å². The molecule has 0 bridgehead atoms. The average Bonchev–Trinajstić information content (AvgIpc) is 2.33. The van der Waals surface area contributed by atoms with Gasteiger partial charge in [-0.15, -0.1) is 0 Å². The molecule has 0 spiro atoms. The molecule has 2 aromatic carbocycles. The Bertz CT molecular complexity index is 758. The van der Waals surface area contributed by atoms with Crippen molar-refractivity contribution in [3.8, 4) is 0 Å². The first kappa shape index (κ1) is 14.7. The Labute approximate surface area is 123 Å². The second-order valence-corrected chi connectivity index (χ2v) is 6.67. The van der Waals surface area contributed by atoms with E-state index in [9.17, 15) is 8.42 Å². The summed E-state index contributed by atoms with van der Waals surface area (Å²) in [5.41, 5.74) is 8.24. The van der Waals surface area contributed by atoms with E-state index in [0.29, 0.717) is 22.0 Å². The van der Waals surface area contributed by atoms with E-state index >= 15 is 0 Å². The van der Waals surface area contributed by atoms with Crippen molar-refractivity contribution in [2.24, 2.45) is 0 Å². The summed E-state index contributed by atoms with van der Waals surface area (Å²) in [6.07, 6.45) is 0. The molecular formula is C14H15ClN2O2S. The number of sulfonamides is 1. The molecule has 0 aliphatic heterocycles. The van der Waals surface area contributed by atoms with Crippen LogP contribution in [0.5, 0.6) is 0 Å². The molecule has 106 valence electrons. The summed E-state index contributed by atoms with van der Waals surface area (Å²) in [5, 5.41) is 0.501. The molecule has 0 unspecified atom stereocenters. The number of anilines is 2. The molecule has 20 heavy (non-hydrogen) atoms. The maximum atomic E-state index is 12.3. The fraction of sp³-hybridized carbons (Fsp3) is 0.143. The number of nitrogens with two attached hydrogens (primary N) is 1. The summed E-state index contributed by atoms with van der Waals surface area (Å²) in [5.74, 6) is 0. The van der Waals surface area contributed by atoms with Crippen molar-refractivity contribution in [1.82, 2.24) is 0 Å². The molecule has 4 nitrogen and oxygen atoms in total. The van der Waals surface area contributed by atoms with E-state index in [-0.39, 0.29) is 4.90 Å². The smallest absolute Gasteiger partial charge is 0.262 e. The number of hydrogen-bond donors (Lipinski definition) is 2. The van der Waals surface area contributed by atoms with E-state index in [2.05, 4.69) is 4.72 Å². The lowest BCUT2D eigenvalue weighted by Crippen LogP contribution is -2.14. The zero-order valence-electron chi connectivity index (χ0n) is 11.1. The van der Waals surface area contributed by atoms with E-state index in [1.165, 1.54) is 6.07 Å². The topological polar surface area (TPSA) is 72.2 Å². The SMILES string of the molecule is Cc1ccc(NS(=O)(=O)c2ccc(Cl)cc2C)cc1N. The summed E-state index contributed by atoms with van der Waals surface area (Å²) in [6.45, 7) is 3.56. The lowest BCUT2D eigenvalue weighted by atomic mass is 10.2. The third-order valence-corrected chi connectivity index (χ3v) is 4.73. The minimum absolute atomic E-state index is 0.195. The number of nitrogen functional groups attached to an aromatic ring is 1. The lowest BCUT2D eigenvalue weighted by Gasteiger charge is -2.11. The number of nitrogens with one attached hydrogen (secondary N) is 1. The molecule has 0 radical (unpaired) electrons. The van der Waals surface area contributed by atoms with Crippen LogP contribution in [0.2, 0.25) is 5.02 Å². The molecule has 6 heteroatoms. The van der Waals surface area contributed by atoms with Crippen LogP contribution >= 0.6 is 11.6 Å². The Morgan fingerprint density at radius 2 is 1.75 bits per heavy atom. The van der Waals surface area contributed by atoms with Crippen molar-refractivity contribution in [1.29, 1.82) is 0 Å². The molecule has 0 heterocycles. The van der Waals surface area contributed by atoms with Crippen LogP contribution in [0, 0.1) is 13.8 Å². The van der Waals surface area contributed by atoms with Gasteiger partial charge in [-0.2, -0.15) is 0 Å². The molecule has 2 aromatic rings. The first-order valence-electron chi connectivity index (χ1n) is 5.95. The largest absolute Gasteiger partial charge is 0.398 e. The summed E-state index contributed by atoms with van der Waals surface area (Å²) >= 11 is 5.83. The Hall–Kier alpha value is -1.72. The molecule has 0 amide bonds. The molecule has 0 aliphatic rings. The van der Waals surface area contributed by atoms with Crippen LogP contribution in [0.25, 0.3) is 0 Å². The highest BCUT2D eigenvalue weighted by Crippen LogP contribution is 2.24. The normalized spacial score (nSPS) is 11.3. The number of benzene rings is 2. The minimum Gasteiger partial charge on any atom is -0.398 e. The van der Waals surface area contributed by atoms with E-state index in [0.717, 1.165) is 5.56 Å². The van der Waals surface area contributed by atoms with Crippen LogP contribution in [-0.2, 0) is 10.0 Å². The molecular weight excluding hydrogens is 296 g/mol. The zero-order valence-corrected chi connectivity index (χ0v) is 12.7. The quantitative estimate of drug-likeness (QED) is 0.854. The van der Waals surface area contributed by atoms with Gasteiger partial charge in [0.05, 0.1) is 10.6 Å². The van der Waals surface area contributed by atoms with Gasteiger partial charge in [-0.25, -0.2) is 8.42 Å². The van der Waals surface area contributed by atoms with Crippen molar-refractivity contribution in [2.45, 2.75) is 18.7 Å². The van der Waals surface area contributed by atoms with Crippen molar-refractivity contribution in [3.05, 3.63) is 52.5 Å². The Balaban J connectivity index is 2.38. The molecule has 2 rings (SSSR count). The van der Waals surface area contributed by atoms with Gasteiger partial charge >= 0.3 is 0 Å². The van der Waals surface area contributed by atoms with Crippen LogP contribution in [-0.4, -0.2) is 8.42 Å². The molecule has 0 saturated carbocycles. The van der Waals surface area contributed by atoms with Gasteiger partial charge in [0, 0.05) is 10.7 Å². The zero-order chi connectivity index (χ0) is 14.9. The van der Waals surface area contributed by atoms with Crippen molar-refractivity contribution in [3.63, 3.8) is 0 Å². The van der Waals surface area contributed by atoms with Gasteiger partial charge in [0.1, 0.15) is 0 Å². The monoisotopic (exact) mass is 310 g/mol. The van der Waals surface area contributed by atoms with Gasteiger partial charge < -0.3 is 5.73 Å². The number of halogens is 1. The maximum absolute atomic E-state index is 12.3. The van der Waals surface area contributed by atoms with Crippen LogP contribution in [0.3, 0.4) is 0 Å². The van der Waals surface area contributed by atoms with Gasteiger partial charge in [-0.1, -0.05) is 17.7 Å². The highest BCUT2D eigenvalue weighted by Gasteiger charge is 2.17. The number of aryl methyl sites for hydroxylation is 2. The third-order valence-electron chi connectivity index (χ3n) is 2.96. The standard InChI is InChI=1S/C14H15ClN2O2S/c1-9-3-5-12(8-13(9)16)17-20(18,19)14-6-4-11(15)7-10(14)2/h3-8,17H,16H2,1-2H3. The first-order chi connectivity index (χ1) is 9.29. The van der Waals surface area contributed by atoms with Gasteiger partial charge in [0.2, 0.25) is 0 Å². The second-order valence-electron chi connectivity index (χ2n) is 4.59. The maximum Gasteiger partial charge on any atom is 0.262 e. The Morgan fingerprint density at radius 3 is 2.35 bits per heavy atom. The van der Waals surface area contributed by atoms with Crippen molar-refractivity contribution >= 4 is 33.0 Å². The molecule has 0 aliphatic carbocycles. The van der Waals surface area contributed by atoms with E-state index in [1.807, 2.05) is 6.92 Å². The number of rotatable bonds is 3. The predicted octanol–water partition coefficient (Wildman–Crippen LogP) is 3.34. The van der Waals surface area contributed by atoms with E-state index < -0.39 is 10.0 Å². The van der Waals surface area contributed by atoms with Gasteiger partial charge in [-0.05, 0) is 55.3 Å². The summed E-state index contributed by atoms with van der Waals surface area (Å²) < 4.78 is 27.2. The highest BCUT2D eigenvalue weighted by molar-refractivity contribution is 7.92.